The van der Waals surface area contributed by atoms with E-state index < -0.39 is 0 Å². The van der Waals surface area contributed by atoms with E-state index in [-0.39, 0.29) is 11.6 Å². The van der Waals surface area contributed by atoms with Gasteiger partial charge in [0.25, 0.3) is 0 Å². The summed E-state index contributed by atoms with van der Waals surface area (Å²) in [6, 6.07) is 6.61. The molecule has 2 aliphatic rings. The summed E-state index contributed by atoms with van der Waals surface area (Å²) in [6.07, 6.45) is 0.0835. The van der Waals surface area contributed by atoms with Gasteiger partial charge in [-0.25, -0.2) is 0 Å². The zero-order valence-electron chi connectivity index (χ0n) is 18.1. The molecule has 0 amide bonds. The van der Waals surface area contributed by atoms with Crippen LogP contribution in [0.1, 0.15) is 36.6 Å². The van der Waals surface area contributed by atoms with Crippen LogP contribution in [0.2, 0.25) is 0 Å². The highest BCUT2D eigenvalue weighted by atomic mass is 16.5. The number of ether oxygens (including phenoxy) is 2. The van der Waals surface area contributed by atoms with E-state index in [2.05, 4.69) is 66.0 Å². The molecule has 3 rings (SSSR count). The Bertz CT molecular complexity index is 683. The molecule has 0 saturated carbocycles. The third-order valence-electron chi connectivity index (χ3n) is 5.90. The number of aliphatic imine (C=N–C) groups is 1. The lowest BCUT2D eigenvalue weighted by Crippen LogP contribution is -2.57. The lowest BCUT2D eigenvalue weighted by molar-refractivity contribution is -0.0128. The van der Waals surface area contributed by atoms with Gasteiger partial charge in [-0.05, 0) is 38.8 Å². The first-order valence-electron chi connectivity index (χ1n) is 10.4. The molecule has 1 aromatic rings. The maximum Gasteiger partial charge on any atom is 0.193 e. The Morgan fingerprint density at radius 1 is 1.18 bits per heavy atom. The van der Waals surface area contributed by atoms with Crippen molar-refractivity contribution in [2.75, 3.05) is 59.6 Å². The second-order valence-corrected chi connectivity index (χ2v) is 8.48. The minimum Gasteiger partial charge on any atom is -0.379 e. The number of hydrogen-bond donors (Lipinski definition) is 1. The molecule has 1 atom stereocenters. The van der Waals surface area contributed by atoms with Crippen LogP contribution < -0.4 is 5.32 Å². The van der Waals surface area contributed by atoms with Crippen molar-refractivity contribution < 1.29 is 9.47 Å². The summed E-state index contributed by atoms with van der Waals surface area (Å²) in [5.74, 6) is 0.958. The molecular weight excluding hydrogens is 352 g/mol. The van der Waals surface area contributed by atoms with E-state index in [4.69, 9.17) is 9.47 Å². The van der Waals surface area contributed by atoms with Crippen LogP contribution in [0.15, 0.2) is 23.2 Å². The zero-order valence-corrected chi connectivity index (χ0v) is 18.1. The molecule has 2 fully saturated rings. The van der Waals surface area contributed by atoms with Gasteiger partial charge in [0.15, 0.2) is 5.96 Å². The minimum atomic E-state index is 0.0545. The second kappa shape index (κ2) is 9.25. The van der Waals surface area contributed by atoms with E-state index in [0.717, 1.165) is 51.9 Å². The van der Waals surface area contributed by atoms with Gasteiger partial charge in [0.1, 0.15) is 6.10 Å². The highest BCUT2D eigenvalue weighted by Gasteiger charge is 2.30. The summed E-state index contributed by atoms with van der Waals surface area (Å²) < 4.78 is 11.6. The fourth-order valence-electron chi connectivity index (χ4n) is 4.12. The molecule has 0 spiro atoms. The Balaban J connectivity index is 1.62. The monoisotopic (exact) mass is 388 g/mol. The van der Waals surface area contributed by atoms with Crippen LogP contribution in [0.4, 0.5) is 0 Å². The average molecular weight is 389 g/mol. The van der Waals surface area contributed by atoms with Crippen LogP contribution in [0.3, 0.4) is 0 Å². The van der Waals surface area contributed by atoms with Gasteiger partial charge in [0.05, 0.1) is 26.4 Å². The van der Waals surface area contributed by atoms with Crippen molar-refractivity contribution in [1.82, 2.24) is 15.1 Å². The van der Waals surface area contributed by atoms with Gasteiger partial charge >= 0.3 is 0 Å². The normalized spacial score (nSPS) is 22.4. The van der Waals surface area contributed by atoms with Gasteiger partial charge in [-0.2, -0.15) is 0 Å². The van der Waals surface area contributed by atoms with Crippen LogP contribution in [0, 0.1) is 13.8 Å². The Morgan fingerprint density at radius 2 is 1.93 bits per heavy atom. The molecule has 2 saturated heterocycles. The Morgan fingerprint density at radius 3 is 2.61 bits per heavy atom. The lowest BCUT2D eigenvalue weighted by Gasteiger charge is -2.42. The van der Waals surface area contributed by atoms with E-state index in [0.29, 0.717) is 6.61 Å². The van der Waals surface area contributed by atoms with Gasteiger partial charge in [-0.15, -0.1) is 0 Å². The maximum atomic E-state index is 6.10. The molecule has 6 heteroatoms. The smallest absolute Gasteiger partial charge is 0.193 e. The largest absolute Gasteiger partial charge is 0.379 e. The van der Waals surface area contributed by atoms with Crippen molar-refractivity contribution in [1.29, 1.82) is 0 Å². The molecule has 0 radical (unpaired) electrons. The fourth-order valence-corrected chi connectivity index (χ4v) is 4.12. The van der Waals surface area contributed by atoms with Crippen LogP contribution in [-0.2, 0) is 9.47 Å². The molecule has 2 heterocycles. The lowest BCUT2D eigenvalue weighted by atomic mass is 10.00. The molecule has 1 N–H and O–H groups in total. The van der Waals surface area contributed by atoms with Crippen molar-refractivity contribution >= 4 is 5.96 Å². The number of nitrogens with zero attached hydrogens (tertiary/aromatic N) is 3. The quantitative estimate of drug-likeness (QED) is 0.634. The predicted molar refractivity (Wildman–Crippen MR) is 114 cm³/mol. The minimum absolute atomic E-state index is 0.0545. The summed E-state index contributed by atoms with van der Waals surface area (Å²) in [4.78, 5) is 9.37. The number of hydrogen-bond acceptors (Lipinski definition) is 4. The summed E-state index contributed by atoms with van der Waals surface area (Å²) in [6.45, 7) is 15.7. The molecule has 2 aliphatic heterocycles. The Labute approximate surface area is 169 Å². The summed E-state index contributed by atoms with van der Waals surface area (Å²) >= 11 is 0. The molecule has 1 aromatic carbocycles. The summed E-state index contributed by atoms with van der Waals surface area (Å²) in [5, 5.41) is 3.61. The van der Waals surface area contributed by atoms with Crippen molar-refractivity contribution in [2.45, 2.75) is 39.3 Å². The van der Waals surface area contributed by atoms with Crippen molar-refractivity contribution in [2.24, 2.45) is 4.99 Å². The number of aryl methyl sites for hydroxylation is 2. The van der Waals surface area contributed by atoms with E-state index in [1.165, 1.54) is 16.7 Å². The van der Waals surface area contributed by atoms with Crippen LogP contribution >= 0.6 is 0 Å². The first kappa shape index (κ1) is 21.1. The van der Waals surface area contributed by atoms with E-state index in [9.17, 15) is 0 Å². The maximum absolute atomic E-state index is 6.10. The SMILES string of the molecule is CN=C(NCC(C)(C)N1CCOCC1)N1CCOC(c2ccc(C)cc2C)C1. The highest BCUT2D eigenvalue weighted by Crippen LogP contribution is 2.26. The fraction of sp³-hybridized carbons (Fsp3) is 0.682. The molecule has 1 unspecified atom stereocenters. The summed E-state index contributed by atoms with van der Waals surface area (Å²) in [5.41, 5.74) is 3.92. The Hall–Kier alpha value is -1.63. The molecule has 6 nitrogen and oxygen atoms in total. The molecule has 28 heavy (non-hydrogen) atoms. The van der Waals surface area contributed by atoms with Crippen LogP contribution in [-0.4, -0.2) is 80.9 Å². The van der Waals surface area contributed by atoms with E-state index in [1.807, 2.05) is 7.05 Å². The van der Waals surface area contributed by atoms with Crippen molar-refractivity contribution in [3.05, 3.63) is 34.9 Å². The molecular formula is C22H36N4O2. The number of guanidine groups is 1. The van der Waals surface area contributed by atoms with E-state index >= 15 is 0 Å². The van der Waals surface area contributed by atoms with Crippen LogP contribution in [0.5, 0.6) is 0 Å². The molecule has 0 aromatic heterocycles. The highest BCUT2D eigenvalue weighted by molar-refractivity contribution is 5.80. The summed E-state index contributed by atoms with van der Waals surface area (Å²) in [7, 11) is 1.87. The number of nitrogens with one attached hydrogen (secondary N) is 1. The van der Waals surface area contributed by atoms with E-state index in [1.54, 1.807) is 0 Å². The first-order chi connectivity index (χ1) is 13.4. The molecule has 0 aliphatic carbocycles. The Kier molecular flexibility index (Phi) is 6.96. The van der Waals surface area contributed by atoms with Crippen LogP contribution in [0.25, 0.3) is 0 Å². The third kappa shape index (κ3) is 5.04. The van der Waals surface area contributed by atoms with Gasteiger partial charge in [0, 0.05) is 38.8 Å². The van der Waals surface area contributed by atoms with Gasteiger partial charge < -0.3 is 19.7 Å². The zero-order chi connectivity index (χ0) is 20.1. The predicted octanol–water partition coefficient (Wildman–Crippen LogP) is 2.36. The van der Waals surface area contributed by atoms with Gasteiger partial charge in [0.2, 0.25) is 0 Å². The topological polar surface area (TPSA) is 49.3 Å². The molecule has 0 bridgehead atoms. The third-order valence-corrected chi connectivity index (χ3v) is 5.90. The number of morpholine rings is 2. The second-order valence-electron chi connectivity index (χ2n) is 8.48. The number of rotatable bonds is 4. The standard InChI is InChI=1S/C22H36N4O2/c1-17-6-7-19(18(2)14-17)20-15-25(8-13-28-20)21(23-5)24-16-22(3,4)26-9-11-27-12-10-26/h6-7,14,20H,8-13,15-16H2,1-5H3,(H,23,24). The van der Waals surface area contributed by atoms with Gasteiger partial charge in [-0.1, -0.05) is 23.8 Å². The first-order valence-corrected chi connectivity index (χ1v) is 10.4. The van der Waals surface area contributed by atoms with Gasteiger partial charge in [-0.3, -0.25) is 9.89 Å². The van der Waals surface area contributed by atoms with Crippen molar-refractivity contribution in [3.8, 4) is 0 Å². The average Bonchev–Trinajstić information content (AvgIpc) is 2.69. The van der Waals surface area contributed by atoms with Crippen molar-refractivity contribution in [3.63, 3.8) is 0 Å². The molecule has 156 valence electrons. The number of benzene rings is 1.